The fourth-order valence-electron chi connectivity index (χ4n) is 1.98. The molecule has 0 amide bonds. The Morgan fingerprint density at radius 2 is 1.71 bits per heavy atom. The first-order chi connectivity index (χ1) is 7.64. The number of ether oxygens (including phenoxy) is 1. The molecule has 0 aromatic rings. The zero-order chi connectivity index (χ0) is 13.5. The van der Waals surface area contributed by atoms with E-state index in [0.29, 0.717) is 19.1 Å². The van der Waals surface area contributed by atoms with E-state index in [-0.39, 0.29) is 0 Å². The van der Waals surface area contributed by atoms with Gasteiger partial charge < -0.3 is 20.7 Å². The van der Waals surface area contributed by atoms with E-state index in [2.05, 4.69) is 0 Å². The summed E-state index contributed by atoms with van der Waals surface area (Å²) in [6.45, 7) is 8.08. The second kappa shape index (κ2) is 7.31. The Morgan fingerprint density at radius 1 is 1.12 bits per heavy atom. The largest absolute Gasteiger partial charge is 0.390 e. The Kier molecular flexibility index (Phi) is 7.24. The van der Waals surface area contributed by atoms with Crippen LogP contribution in [0.2, 0.25) is 0 Å². The van der Waals surface area contributed by atoms with Crippen LogP contribution in [0.15, 0.2) is 0 Å². The first-order valence-corrected chi connectivity index (χ1v) is 6.43. The molecule has 4 nitrogen and oxygen atoms in total. The standard InChI is InChI=1S/C13H29NO3/c1-12(2,15)10-11(7-8-14)6-5-9-17-13(3,4)16/h11,15-16H,5-10,14H2,1-4H3. The first kappa shape index (κ1) is 16.8. The van der Waals surface area contributed by atoms with Crippen LogP contribution in [0.3, 0.4) is 0 Å². The molecule has 0 aliphatic rings. The van der Waals surface area contributed by atoms with Crippen LogP contribution in [0.5, 0.6) is 0 Å². The fourth-order valence-corrected chi connectivity index (χ4v) is 1.98. The molecular weight excluding hydrogens is 218 g/mol. The highest BCUT2D eigenvalue weighted by atomic mass is 16.6. The summed E-state index contributed by atoms with van der Waals surface area (Å²) in [4.78, 5) is 0. The molecule has 0 saturated heterocycles. The quantitative estimate of drug-likeness (QED) is 0.427. The van der Waals surface area contributed by atoms with Crippen LogP contribution < -0.4 is 5.73 Å². The van der Waals surface area contributed by atoms with Gasteiger partial charge >= 0.3 is 0 Å². The van der Waals surface area contributed by atoms with Crippen LogP contribution in [0.25, 0.3) is 0 Å². The van der Waals surface area contributed by atoms with Gasteiger partial charge in [0.15, 0.2) is 5.79 Å². The van der Waals surface area contributed by atoms with Crippen molar-refractivity contribution in [1.29, 1.82) is 0 Å². The summed E-state index contributed by atoms with van der Waals surface area (Å²) < 4.78 is 5.25. The van der Waals surface area contributed by atoms with Gasteiger partial charge in [0, 0.05) is 6.61 Å². The van der Waals surface area contributed by atoms with Crippen molar-refractivity contribution < 1.29 is 14.9 Å². The van der Waals surface area contributed by atoms with E-state index < -0.39 is 11.4 Å². The van der Waals surface area contributed by atoms with Gasteiger partial charge in [0.1, 0.15) is 0 Å². The molecule has 1 atom stereocenters. The van der Waals surface area contributed by atoms with Crippen molar-refractivity contribution in [3.63, 3.8) is 0 Å². The van der Waals surface area contributed by atoms with Crippen molar-refractivity contribution in [2.24, 2.45) is 11.7 Å². The topological polar surface area (TPSA) is 75.7 Å². The normalized spacial score (nSPS) is 15.0. The third-order valence-electron chi connectivity index (χ3n) is 2.58. The summed E-state index contributed by atoms with van der Waals surface area (Å²) in [7, 11) is 0. The summed E-state index contributed by atoms with van der Waals surface area (Å²) in [5.74, 6) is -0.634. The Labute approximate surface area is 105 Å². The highest BCUT2D eigenvalue weighted by Gasteiger charge is 2.20. The van der Waals surface area contributed by atoms with Gasteiger partial charge in [-0.05, 0) is 65.8 Å². The van der Waals surface area contributed by atoms with Gasteiger partial charge in [-0.3, -0.25) is 0 Å². The SMILES string of the molecule is CC(C)(O)CC(CCN)CCCOC(C)(C)O. The lowest BCUT2D eigenvalue weighted by Crippen LogP contribution is -2.26. The second-order valence-electron chi connectivity index (χ2n) is 5.90. The van der Waals surface area contributed by atoms with Crippen molar-refractivity contribution in [1.82, 2.24) is 0 Å². The first-order valence-electron chi connectivity index (χ1n) is 6.43. The fraction of sp³-hybridized carbons (Fsp3) is 1.00. The third-order valence-corrected chi connectivity index (χ3v) is 2.58. The molecule has 4 N–H and O–H groups in total. The van der Waals surface area contributed by atoms with Crippen molar-refractivity contribution >= 4 is 0 Å². The number of hydrogen-bond donors (Lipinski definition) is 3. The molecule has 0 aliphatic heterocycles. The number of nitrogens with two attached hydrogens (primary N) is 1. The number of hydrogen-bond acceptors (Lipinski definition) is 4. The molecule has 0 saturated carbocycles. The Balaban J connectivity index is 3.85. The second-order valence-corrected chi connectivity index (χ2v) is 5.90. The van der Waals surface area contributed by atoms with E-state index in [4.69, 9.17) is 10.5 Å². The lowest BCUT2D eigenvalue weighted by atomic mass is 9.88. The molecule has 0 aromatic heterocycles. The molecule has 0 fully saturated rings. The minimum atomic E-state index is -1.06. The molecule has 17 heavy (non-hydrogen) atoms. The molecule has 104 valence electrons. The molecule has 0 aliphatic carbocycles. The van der Waals surface area contributed by atoms with E-state index in [0.717, 1.165) is 25.7 Å². The molecule has 0 rings (SSSR count). The average molecular weight is 247 g/mol. The minimum absolute atomic E-state index is 0.422. The summed E-state index contributed by atoms with van der Waals surface area (Å²) in [5, 5.41) is 19.2. The van der Waals surface area contributed by atoms with Crippen LogP contribution in [-0.2, 0) is 4.74 Å². The van der Waals surface area contributed by atoms with Crippen LogP contribution in [0, 0.1) is 5.92 Å². The Bertz CT molecular complexity index is 194. The van der Waals surface area contributed by atoms with Gasteiger partial charge in [-0.15, -0.1) is 0 Å². The van der Waals surface area contributed by atoms with Gasteiger partial charge in [-0.25, -0.2) is 0 Å². The molecular formula is C13H29NO3. The zero-order valence-electron chi connectivity index (χ0n) is 11.7. The van der Waals surface area contributed by atoms with Gasteiger partial charge in [-0.2, -0.15) is 0 Å². The third kappa shape index (κ3) is 12.1. The lowest BCUT2D eigenvalue weighted by molar-refractivity contribution is -0.176. The molecule has 0 heterocycles. The maximum Gasteiger partial charge on any atom is 0.159 e. The maximum absolute atomic E-state index is 9.79. The smallest absolute Gasteiger partial charge is 0.159 e. The summed E-state index contributed by atoms with van der Waals surface area (Å²) in [5.41, 5.74) is 4.93. The Morgan fingerprint density at radius 3 is 2.12 bits per heavy atom. The van der Waals surface area contributed by atoms with E-state index in [1.165, 1.54) is 0 Å². The Hall–Kier alpha value is -0.160. The highest BCUT2D eigenvalue weighted by Crippen LogP contribution is 2.23. The lowest BCUT2D eigenvalue weighted by Gasteiger charge is -2.25. The van der Waals surface area contributed by atoms with Gasteiger partial charge in [0.25, 0.3) is 0 Å². The summed E-state index contributed by atoms with van der Waals surface area (Å²) >= 11 is 0. The van der Waals surface area contributed by atoms with E-state index >= 15 is 0 Å². The van der Waals surface area contributed by atoms with Gasteiger partial charge in [0.2, 0.25) is 0 Å². The van der Waals surface area contributed by atoms with Gasteiger partial charge in [0.05, 0.1) is 5.60 Å². The van der Waals surface area contributed by atoms with Crippen LogP contribution in [-0.4, -0.2) is 34.8 Å². The molecule has 0 bridgehead atoms. The highest BCUT2D eigenvalue weighted by molar-refractivity contribution is 4.72. The van der Waals surface area contributed by atoms with E-state index in [1.54, 1.807) is 13.8 Å². The monoisotopic (exact) mass is 247 g/mol. The molecule has 0 spiro atoms. The van der Waals surface area contributed by atoms with Crippen LogP contribution in [0.1, 0.15) is 53.4 Å². The molecule has 1 unspecified atom stereocenters. The summed E-state index contributed by atoms with van der Waals surface area (Å²) in [6.07, 6.45) is 3.53. The van der Waals surface area contributed by atoms with E-state index in [1.807, 2.05) is 13.8 Å². The minimum Gasteiger partial charge on any atom is -0.390 e. The zero-order valence-corrected chi connectivity index (χ0v) is 11.7. The van der Waals surface area contributed by atoms with Crippen molar-refractivity contribution in [2.75, 3.05) is 13.2 Å². The maximum atomic E-state index is 9.79. The van der Waals surface area contributed by atoms with Crippen molar-refractivity contribution in [3.05, 3.63) is 0 Å². The van der Waals surface area contributed by atoms with Gasteiger partial charge in [-0.1, -0.05) is 0 Å². The number of aliphatic hydroxyl groups is 2. The molecule has 0 aromatic carbocycles. The van der Waals surface area contributed by atoms with Crippen LogP contribution >= 0.6 is 0 Å². The predicted molar refractivity (Wildman–Crippen MR) is 69.6 cm³/mol. The van der Waals surface area contributed by atoms with Crippen molar-refractivity contribution in [3.8, 4) is 0 Å². The van der Waals surface area contributed by atoms with Crippen LogP contribution in [0.4, 0.5) is 0 Å². The number of rotatable bonds is 9. The molecule has 4 heteroatoms. The predicted octanol–water partition coefficient (Wildman–Crippen LogP) is 1.64. The summed E-state index contributed by atoms with van der Waals surface area (Å²) in [6, 6.07) is 0. The molecule has 0 radical (unpaired) electrons. The average Bonchev–Trinajstić information content (AvgIpc) is 2.08. The van der Waals surface area contributed by atoms with E-state index in [9.17, 15) is 10.2 Å². The van der Waals surface area contributed by atoms with Crippen molar-refractivity contribution in [2.45, 2.75) is 64.8 Å².